The lowest BCUT2D eigenvalue weighted by molar-refractivity contribution is -0.159. The number of carbonyl (C=O) groups excluding carboxylic acids is 5. The molecule has 47 heavy (non-hydrogen) atoms. The van der Waals surface area contributed by atoms with E-state index in [1.54, 1.807) is 60.6 Å². The smallest absolute Gasteiger partial charge is 0.408 e. The van der Waals surface area contributed by atoms with Crippen molar-refractivity contribution >= 4 is 29.8 Å². The summed E-state index contributed by atoms with van der Waals surface area (Å²) in [4.78, 5) is 67.8. The summed E-state index contributed by atoms with van der Waals surface area (Å²) in [6.07, 6.45) is -1.25. The van der Waals surface area contributed by atoms with Gasteiger partial charge in [-0.15, -0.1) is 0 Å². The number of aliphatic hydroxyl groups is 1. The molecule has 0 aliphatic rings. The molecule has 0 aliphatic heterocycles. The van der Waals surface area contributed by atoms with E-state index in [4.69, 9.17) is 15.2 Å². The Labute approximate surface area is 277 Å². The van der Waals surface area contributed by atoms with Crippen LogP contribution in [0.25, 0.3) is 0 Å². The number of aliphatic hydroxyl groups excluding tert-OH is 1. The zero-order valence-electron chi connectivity index (χ0n) is 28.7. The van der Waals surface area contributed by atoms with Gasteiger partial charge in [-0.3, -0.25) is 14.4 Å². The van der Waals surface area contributed by atoms with Crippen molar-refractivity contribution in [1.82, 2.24) is 15.5 Å². The van der Waals surface area contributed by atoms with E-state index in [9.17, 15) is 29.1 Å². The first kappa shape index (κ1) is 38.7. The van der Waals surface area contributed by atoms with Crippen LogP contribution in [0.15, 0.2) is 48.5 Å². The van der Waals surface area contributed by atoms with E-state index in [0.717, 1.165) is 16.0 Å². The first-order valence-corrected chi connectivity index (χ1v) is 15.7. The van der Waals surface area contributed by atoms with Crippen molar-refractivity contribution in [3.05, 3.63) is 70.8 Å². The summed E-state index contributed by atoms with van der Waals surface area (Å²) in [5, 5.41) is 15.4. The van der Waals surface area contributed by atoms with Crippen LogP contribution in [-0.2, 0) is 35.1 Å². The number of carbonyl (C=O) groups is 5. The Morgan fingerprint density at radius 3 is 2.02 bits per heavy atom. The highest BCUT2D eigenvalue weighted by atomic mass is 16.6. The Morgan fingerprint density at radius 1 is 0.851 bits per heavy atom. The topological polar surface area (TPSA) is 177 Å². The molecule has 4 amide bonds. The Balaban J connectivity index is 2.64. The van der Waals surface area contributed by atoms with Gasteiger partial charge in [0.1, 0.15) is 29.3 Å². The number of benzene rings is 2. The summed E-state index contributed by atoms with van der Waals surface area (Å²) >= 11 is 0. The van der Waals surface area contributed by atoms with Crippen molar-refractivity contribution in [2.24, 2.45) is 5.73 Å². The predicted molar refractivity (Wildman–Crippen MR) is 177 cm³/mol. The Hall–Kier alpha value is -4.45. The molecule has 2 aromatic carbocycles. The van der Waals surface area contributed by atoms with Gasteiger partial charge >= 0.3 is 12.1 Å². The first-order chi connectivity index (χ1) is 21.8. The van der Waals surface area contributed by atoms with Crippen LogP contribution < -0.4 is 16.4 Å². The third-order valence-electron chi connectivity index (χ3n) is 7.08. The van der Waals surface area contributed by atoms with Crippen molar-refractivity contribution < 1.29 is 38.6 Å². The molecule has 0 saturated heterocycles. The minimum absolute atomic E-state index is 0.108. The van der Waals surface area contributed by atoms with Gasteiger partial charge < -0.3 is 35.8 Å². The van der Waals surface area contributed by atoms with Gasteiger partial charge in [-0.05, 0) is 84.1 Å². The van der Waals surface area contributed by atoms with Crippen LogP contribution in [-0.4, -0.2) is 76.2 Å². The molecule has 2 aromatic rings. The fourth-order valence-corrected chi connectivity index (χ4v) is 4.86. The second-order valence-electron chi connectivity index (χ2n) is 13.4. The lowest BCUT2D eigenvalue weighted by atomic mass is 9.94. The molecule has 0 radical (unpaired) electrons. The molecule has 258 valence electrons. The van der Waals surface area contributed by atoms with Gasteiger partial charge in [0.25, 0.3) is 0 Å². The number of hydrogen-bond acceptors (Lipinski definition) is 8. The fourth-order valence-electron chi connectivity index (χ4n) is 4.86. The number of alkyl carbamates (subject to hydrolysis) is 1. The van der Waals surface area contributed by atoms with E-state index in [0.29, 0.717) is 11.1 Å². The average molecular weight is 655 g/mol. The zero-order chi connectivity index (χ0) is 35.5. The number of nitrogens with one attached hydrogen (secondary N) is 2. The molecule has 0 spiro atoms. The van der Waals surface area contributed by atoms with Gasteiger partial charge in [0, 0.05) is 19.4 Å². The molecule has 12 nitrogen and oxygen atoms in total. The Bertz CT molecular complexity index is 1400. The highest BCUT2D eigenvalue weighted by Crippen LogP contribution is 2.28. The van der Waals surface area contributed by atoms with Crippen LogP contribution in [0.1, 0.15) is 82.7 Å². The van der Waals surface area contributed by atoms with Gasteiger partial charge in [0.2, 0.25) is 17.7 Å². The monoisotopic (exact) mass is 654 g/mol. The maximum absolute atomic E-state index is 14.4. The third-order valence-corrected chi connectivity index (χ3v) is 7.08. The second-order valence-corrected chi connectivity index (χ2v) is 13.4. The summed E-state index contributed by atoms with van der Waals surface area (Å²) in [5.74, 6) is -2.84. The van der Waals surface area contributed by atoms with E-state index >= 15 is 0 Å². The second kappa shape index (κ2) is 16.9. The number of esters is 1. The maximum Gasteiger partial charge on any atom is 0.408 e. The quantitative estimate of drug-likeness (QED) is 0.224. The van der Waals surface area contributed by atoms with Gasteiger partial charge in [-0.25, -0.2) is 9.59 Å². The van der Waals surface area contributed by atoms with Crippen molar-refractivity contribution in [1.29, 1.82) is 0 Å². The Morgan fingerprint density at radius 2 is 1.47 bits per heavy atom. The van der Waals surface area contributed by atoms with Crippen LogP contribution in [0, 0.1) is 13.8 Å². The molecule has 0 bridgehead atoms. The number of ether oxygens (including phenoxy) is 2. The molecule has 5 N–H and O–H groups in total. The summed E-state index contributed by atoms with van der Waals surface area (Å²) in [7, 11) is 0. The highest BCUT2D eigenvalue weighted by Gasteiger charge is 2.39. The van der Waals surface area contributed by atoms with Gasteiger partial charge in [0.15, 0.2) is 0 Å². The number of nitrogens with zero attached hydrogens (tertiary/aromatic N) is 1. The standard InChI is InChI=1S/C35H50N4O8/c1-22-13-12-16-25(23(22)2)29(30(42)37-27(32(44)46-34(3,4)5)21-24-14-10-9-11-15-24)39(19-20-40)31(43)26(17-18-28(36)41)38-33(45)47-35(6,7)8/h9-16,26-27,29,40H,17-21H2,1-8H3,(H2,36,41)(H,37,42)(H,38,45). The van der Waals surface area contributed by atoms with Gasteiger partial charge in [-0.1, -0.05) is 48.5 Å². The number of aryl methyl sites for hydroxylation is 1. The average Bonchev–Trinajstić information content (AvgIpc) is 2.95. The molecule has 0 aromatic heterocycles. The molecular formula is C35H50N4O8. The molecule has 0 aliphatic carbocycles. The first-order valence-electron chi connectivity index (χ1n) is 15.7. The molecular weight excluding hydrogens is 604 g/mol. The Kier molecular flexibility index (Phi) is 13.9. The summed E-state index contributed by atoms with van der Waals surface area (Å²) in [6.45, 7) is 12.9. The molecule has 2 rings (SSSR count). The zero-order valence-corrected chi connectivity index (χ0v) is 28.7. The molecule has 3 atom stereocenters. The molecule has 12 heteroatoms. The number of primary amides is 1. The molecule has 3 unspecified atom stereocenters. The van der Waals surface area contributed by atoms with E-state index in [-0.39, 0.29) is 25.8 Å². The third kappa shape index (κ3) is 12.7. The summed E-state index contributed by atoms with van der Waals surface area (Å²) in [5.41, 5.74) is 6.40. The number of hydrogen-bond donors (Lipinski definition) is 4. The molecule has 0 fully saturated rings. The van der Waals surface area contributed by atoms with E-state index in [2.05, 4.69) is 10.6 Å². The van der Waals surface area contributed by atoms with Crippen molar-refractivity contribution in [3.8, 4) is 0 Å². The van der Waals surface area contributed by atoms with Crippen LogP contribution in [0.2, 0.25) is 0 Å². The van der Waals surface area contributed by atoms with Crippen LogP contribution >= 0.6 is 0 Å². The lowest BCUT2D eigenvalue weighted by Crippen LogP contribution is -2.55. The van der Waals surface area contributed by atoms with E-state index in [1.165, 1.54) is 0 Å². The lowest BCUT2D eigenvalue weighted by Gasteiger charge is -2.35. The minimum Gasteiger partial charge on any atom is -0.458 e. The van der Waals surface area contributed by atoms with Crippen molar-refractivity contribution in [2.45, 2.75) is 104 Å². The fraction of sp³-hybridized carbons (Fsp3) is 0.514. The number of rotatable bonds is 14. The van der Waals surface area contributed by atoms with Crippen LogP contribution in [0.3, 0.4) is 0 Å². The van der Waals surface area contributed by atoms with Crippen LogP contribution in [0.4, 0.5) is 4.79 Å². The SMILES string of the molecule is Cc1cccc(C(C(=O)NC(Cc2ccccc2)C(=O)OC(C)(C)C)N(CCO)C(=O)C(CCC(N)=O)NC(=O)OC(C)(C)C)c1C. The highest BCUT2D eigenvalue weighted by molar-refractivity contribution is 5.94. The largest absolute Gasteiger partial charge is 0.458 e. The van der Waals surface area contributed by atoms with Crippen molar-refractivity contribution in [2.75, 3.05) is 13.2 Å². The molecule has 0 heterocycles. The maximum atomic E-state index is 14.4. The molecule has 0 saturated carbocycles. The van der Waals surface area contributed by atoms with Crippen molar-refractivity contribution in [3.63, 3.8) is 0 Å². The predicted octanol–water partition coefficient (Wildman–Crippen LogP) is 3.39. The summed E-state index contributed by atoms with van der Waals surface area (Å²) in [6, 6.07) is 10.5. The minimum atomic E-state index is -1.35. The number of nitrogens with two attached hydrogens (primary N) is 1. The summed E-state index contributed by atoms with van der Waals surface area (Å²) < 4.78 is 11.0. The number of amides is 4. The van der Waals surface area contributed by atoms with Crippen LogP contribution in [0.5, 0.6) is 0 Å². The van der Waals surface area contributed by atoms with Gasteiger partial charge in [0.05, 0.1) is 6.61 Å². The normalized spacial score (nSPS) is 13.5. The van der Waals surface area contributed by atoms with E-state index < -0.39 is 65.7 Å². The van der Waals surface area contributed by atoms with E-state index in [1.807, 2.05) is 43.3 Å². The van der Waals surface area contributed by atoms with Gasteiger partial charge in [-0.2, -0.15) is 0 Å².